The second kappa shape index (κ2) is 5.80. The van der Waals surface area contributed by atoms with E-state index in [1.165, 1.54) is 12.5 Å². The first-order valence-electron chi connectivity index (χ1n) is 6.79. The predicted octanol–water partition coefficient (Wildman–Crippen LogP) is 4.07. The summed E-state index contributed by atoms with van der Waals surface area (Å²) in [7, 11) is 1.63. The highest BCUT2D eigenvalue weighted by Gasteiger charge is 2.37. The van der Waals surface area contributed by atoms with E-state index in [1.54, 1.807) is 7.11 Å². The Bertz CT molecular complexity index is 470. The molecule has 4 heteroatoms. The summed E-state index contributed by atoms with van der Waals surface area (Å²) < 4.78 is 20.3. The number of methoxy groups -OCH3 is 1. The zero-order chi connectivity index (χ0) is 14.0. The number of nitrogens with two attached hydrogens (primary N) is 1. The molecule has 1 fully saturated rings. The van der Waals surface area contributed by atoms with Crippen LogP contribution in [0.4, 0.5) is 4.39 Å². The van der Waals surface area contributed by atoms with Gasteiger partial charge < -0.3 is 10.5 Å². The monoisotopic (exact) mass is 329 g/mol. The molecule has 0 bridgehead atoms. The average molecular weight is 330 g/mol. The molecule has 0 radical (unpaired) electrons. The van der Waals surface area contributed by atoms with Crippen LogP contribution in [0.1, 0.15) is 43.2 Å². The van der Waals surface area contributed by atoms with Crippen LogP contribution in [0.5, 0.6) is 5.75 Å². The van der Waals surface area contributed by atoms with Crippen LogP contribution in [0.15, 0.2) is 10.5 Å². The molecule has 106 valence electrons. The van der Waals surface area contributed by atoms with Crippen molar-refractivity contribution in [3.63, 3.8) is 0 Å². The fourth-order valence-corrected chi connectivity index (χ4v) is 3.88. The Labute approximate surface area is 122 Å². The minimum Gasteiger partial charge on any atom is -0.495 e. The van der Waals surface area contributed by atoms with Crippen molar-refractivity contribution in [2.45, 2.75) is 44.4 Å². The van der Waals surface area contributed by atoms with Crippen LogP contribution in [0, 0.1) is 12.7 Å². The highest BCUT2D eigenvalue weighted by atomic mass is 79.9. The van der Waals surface area contributed by atoms with Crippen LogP contribution >= 0.6 is 15.9 Å². The molecular formula is C15H21BrFNO. The molecule has 0 unspecified atom stereocenters. The largest absolute Gasteiger partial charge is 0.495 e. The average Bonchev–Trinajstić information content (AvgIpc) is 2.43. The van der Waals surface area contributed by atoms with Crippen molar-refractivity contribution in [2.75, 3.05) is 13.7 Å². The minimum absolute atomic E-state index is 0.141. The predicted molar refractivity (Wildman–Crippen MR) is 79.2 cm³/mol. The summed E-state index contributed by atoms with van der Waals surface area (Å²) in [6.07, 6.45) is 5.55. The van der Waals surface area contributed by atoms with Crippen molar-refractivity contribution in [2.24, 2.45) is 5.73 Å². The summed E-state index contributed by atoms with van der Waals surface area (Å²) in [6.45, 7) is 2.37. The third-order valence-electron chi connectivity index (χ3n) is 4.37. The minimum atomic E-state index is -0.193. The molecular weight excluding hydrogens is 309 g/mol. The van der Waals surface area contributed by atoms with Gasteiger partial charge in [-0.1, -0.05) is 19.3 Å². The number of ether oxygens (including phenoxy) is 1. The van der Waals surface area contributed by atoms with Crippen molar-refractivity contribution >= 4 is 15.9 Å². The Hall–Kier alpha value is -0.610. The smallest absolute Gasteiger partial charge is 0.137 e. The van der Waals surface area contributed by atoms with Gasteiger partial charge >= 0.3 is 0 Å². The lowest BCUT2D eigenvalue weighted by atomic mass is 9.68. The second-order valence-electron chi connectivity index (χ2n) is 5.42. The van der Waals surface area contributed by atoms with Gasteiger partial charge in [0.15, 0.2) is 0 Å². The van der Waals surface area contributed by atoms with E-state index in [9.17, 15) is 4.39 Å². The summed E-state index contributed by atoms with van der Waals surface area (Å²) in [5, 5.41) is 0. The van der Waals surface area contributed by atoms with Gasteiger partial charge in [0.2, 0.25) is 0 Å². The van der Waals surface area contributed by atoms with Gasteiger partial charge in [-0.15, -0.1) is 0 Å². The second-order valence-corrected chi connectivity index (χ2v) is 6.27. The summed E-state index contributed by atoms with van der Waals surface area (Å²) in [5.41, 5.74) is 7.56. The molecule has 0 saturated heterocycles. The number of hydrogen-bond donors (Lipinski definition) is 1. The van der Waals surface area contributed by atoms with Gasteiger partial charge in [0.1, 0.15) is 11.6 Å². The van der Waals surface area contributed by atoms with Crippen molar-refractivity contribution in [1.82, 2.24) is 0 Å². The molecule has 2 N–H and O–H groups in total. The third-order valence-corrected chi connectivity index (χ3v) is 4.96. The Morgan fingerprint density at radius 3 is 2.53 bits per heavy atom. The van der Waals surface area contributed by atoms with Crippen LogP contribution in [0.3, 0.4) is 0 Å². The molecule has 1 aliphatic carbocycles. The van der Waals surface area contributed by atoms with Crippen LogP contribution in [0.25, 0.3) is 0 Å². The van der Waals surface area contributed by atoms with Gasteiger partial charge in [-0.25, -0.2) is 4.39 Å². The molecule has 1 saturated carbocycles. The van der Waals surface area contributed by atoms with E-state index in [0.717, 1.165) is 37.0 Å². The van der Waals surface area contributed by atoms with E-state index < -0.39 is 0 Å². The lowest BCUT2D eigenvalue weighted by molar-refractivity contribution is 0.284. The molecule has 2 nitrogen and oxygen atoms in total. The Balaban J connectivity index is 2.64. The molecule has 0 spiro atoms. The van der Waals surface area contributed by atoms with Crippen LogP contribution in [-0.2, 0) is 5.41 Å². The van der Waals surface area contributed by atoms with Gasteiger partial charge in [0.05, 0.1) is 11.6 Å². The molecule has 0 heterocycles. The van der Waals surface area contributed by atoms with Gasteiger partial charge in [-0.05, 0) is 47.3 Å². The van der Waals surface area contributed by atoms with E-state index in [0.29, 0.717) is 16.6 Å². The van der Waals surface area contributed by atoms with Crippen LogP contribution in [0.2, 0.25) is 0 Å². The number of halogens is 2. The lowest BCUT2D eigenvalue weighted by Gasteiger charge is -2.39. The maximum atomic E-state index is 14.1. The Kier molecular flexibility index (Phi) is 4.51. The first kappa shape index (κ1) is 14.8. The summed E-state index contributed by atoms with van der Waals surface area (Å²) >= 11 is 3.41. The van der Waals surface area contributed by atoms with E-state index in [2.05, 4.69) is 15.9 Å². The molecule has 0 atom stereocenters. The van der Waals surface area contributed by atoms with Crippen molar-refractivity contribution < 1.29 is 9.13 Å². The quantitative estimate of drug-likeness (QED) is 0.907. The van der Waals surface area contributed by atoms with Gasteiger partial charge in [-0.3, -0.25) is 0 Å². The normalized spacial score (nSPS) is 18.4. The molecule has 1 aliphatic rings. The Morgan fingerprint density at radius 1 is 1.37 bits per heavy atom. The van der Waals surface area contributed by atoms with Crippen molar-refractivity contribution in [3.8, 4) is 5.75 Å². The molecule has 19 heavy (non-hydrogen) atoms. The van der Waals surface area contributed by atoms with Crippen LogP contribution in [-0.4, -0.2) is 13.7 Å². The van der Waals surface area contributed by atoms with E-state index >= 15 is 0 Å². The topological polar surface area (TPSA) is 35.2 Å². The van der Waals surface area contributed by atoms with E-state index in [1.807, 2.05) is 6.92 Å². The fraction of sp³-hybridized carbons (Fsp3) is 0.600. The highest BCUT2D eigenvalue weighted by molar-refractivity contribution is 9.10. The van der Waals surface area contributed by atoms with Crippen LogP contribution < -0.4 is 10.5 Å². The lowest BCUT2D eigenvalue weighted by Crippen LogP contribution is -2.38. The number of hydrogen-bond acceptors (Lipinski definition) is 2. The summed E-state index contributed by atoms with van der Waals surface area (Å²) in [4.78, 5) is 0. The zero-order valence-electron chi connectivity index (χ0n) is 11.6. The molecule has 0 amide bonds. The summed E-state index contributed by atoms with van der Waals surface area (Å²) in [6, 6.07) is 1.48. The Morgan fingerprint density at radius 2 is 2.00 bits per heavy atom. The summed E-state index contributed by atoms with van der Waals surface area (Å²) in [5.74, 6) is 0.548. The number of rotatable bonds is 3. The molecule has 0 aromatic heterocycles. The first-order valence-corrected chi connectivity index (χ1v) is 7.58. The maximum Gasteiger partial charge on any atom is 0.137 e. The first-order chi connectivity index (χ1) is 9.05. The van der Waals surface area contributed by atoms with E-state index in [4.69, 9.17) is 10.5 Å². The zero-order valence-corrected chi connectivity index (χ0v) is 13.1. The number of benzene rings is 1. The highest BCUT2D eigenvalue weighted by Crippen LogP contribution is 2.47. The van der Waals surface area contributed by atoms with Gasteiger partial charge in [0.25, 0.3) is 0 Å². The van der Waals surface area contributed by atoms with Gasteiger partial charge in [0, 0.05) is 17.5 Å². The SMILES string of the molecule is COc1c(Br)cc(F)c(C)c1C1(CN)CCCCC1. The fourth-order valence-electron chi connectivity index (χ4n) is 3.32. The maximum absolute atomic E-state index is 14.1. The van der Waals surface area contributed by atoms with Crippen molar-refractivity contribution in [3.05, 3.63) is 27.5 Å². The molecule has 1 aromatic rings. The third kappa shape index (κ3) is 2.52. The van der Waals surface area contributed by atoms with Crippen molar-refractivity contribution in [1.29, 1.82) is 0 Å². The van der Waals surface area contributed by atoms with Gasteiger partial charge in [-0.2, -0.15) is 0 Å². The molecule has 0 aliphatic heterocycles. The van der Waals surface area contributed by atoms with E-state index in [-0.39, 0.29) is 11.2 Å². The molecule has 1 aromatic carbocycles. The standard InChI is InChI=1S/C15H21BrFNO/c1-10-12(17)8-11(16)14(19-2)13(10)15(9-18)6-4-3-5-7-15/h8H,3-7,9,18H2,1-2H3. The molecule has 2 rings (SSSR count).